The number of anilines is 1. The van der Waals surface area contributed by atoms with Crippen molar-refractivity contribution in [3.05, 3.63) is 64.9 Å². The molecule has 46 heavy (non-hydrogen) atoms. The van der Waals surface area contributed by atoms with Crippen molar-refractivity contribution >= 4 is 11.9 Å². The van der Waals surface area contributed by atoms with Crippen LogP contribution in [0.2, 0.25) is 0 Å². The van der Waals surface area contributed by atoms with Crippen LogP contribution in [0.15, 0.2) is 31.1 Å². The third kappa shape index (κ3) is 10.6. The van der Waals surface area contributed by atoms with Gasteiger partial charge in [-0.3, -0.25) is 9.36 Å². The first-order valence-corrected chi connectivity index (χ1v) is 18.3. The van der Waals surface area contributed by atoms with Crippen LogP contribution in [0.25, 0.3) is 6.08 Å². The Morgan fingerprint density at radius 2 is 1.63 bits per heavy atom. The number of aromatic nitrogens is 5. The van der Waals surface area contributed by atoms with Gasteiger partial charge in [-0.25, -0.2) is 4.98 Å². The van der Waals surface area contributed by atoms with E-state index in [1.54, 1.807) is 5.56 Å². The second kappa shape index (κ2) is 21.1. The molecule has 0 spiro atoms. The van der Waals surface area contributed by atoms with Gasteiger partial charge in [0.1, 0.15) is 5.82 Å². The maximum absolute atomic E-state index is 4.85. The Bertz CT molecular complexity index is 1260. The van der Waals surface area contributed by atoms with E-state index in [1.165, 1.54) is 75.0 Å². The summed E-state index contributed by atoms with van der Waals surface area (Å²) in [7, 11) is 0. The number of hydrogen-bond acceptors (Lipinski definition) is 4. The van der Waals surface area contributed by atoms with Crippen molar-refractivity contribution in [2.75, 3.05) is 18.0 Å². The van der Waals surface area contributed by atoms with Crippen LogP contribution >= 0.6 is 0 Å². The molecule has 2 aliphatic carbocycles. The number of unbranched alkanes of at least 4 members (excludes halogenated alkanes) is 2. The Balaban J connectivity index is 0.000000400. The molecule has 4 heterocycles. The summed E-state index contributed by atoms with van der Waals surface area (Å²) in [4.78, 5) is 7.31. The minimum Gasteiger partial charge on any atom is -0.356 e. The lowest BCUT2D eigenvalue weighted by molar-refractivity contribution is 0.527. The molecule has 3 aromatic rings. The topological polar surface area (TPSA) is 51.8 Å². The Hall–Kier alpha value is -2.89. The normalized spacial score (nSPS) is 19.8. The third-order valence-electron chi connectivity index (χ3n) is 9.20. The second-order valence-electron chi connectivity index (χ2n) is 12.4. The van der Waals surface area contributed by atoms with Crippen LogP contribution in [0.3, 0.4) is 0 Å². The summed E-state index contributed by atoms with van der Waals surface area (Å²) in [6, 6.07) is 4.38. The molecule has 0 bridgehead atoms. The largest absolute Gasteiger partial charge is 0.356 e. The summed E-state index contributed by atoms with van der Waals surface area (Å²) in [6.07, 6.45) is 14.7. The Kier molecular flexibility index (Phi) is 18.8. The molecule has 3 aliphatic rings. The predicted molar refractivity (Wildman–Crippen MR) is 202 cm³/mol. The third-order valence-corrected chi connectivity index (χ3v) is 9.20. The zero-order valence-corrected chi connectivity index (χ0v) is 30.9. The number of piperidine rings is 1. The highest BCUT2D eigenvalue weighted by Gasteiger charge is 2.54. The van der Waals surface area contributed by atoms with Crippen molar-refractivity contribution in [2.45, 2.75) is 148 Å². The fourth-order valence-electron chi connectivity index (χ4n) is 6.65. The molecule has 0 N–H and O–H groups in total. The SMILES string of the molecule is C.C=Cc1cnn(Cc2ccc(N3CC4C(CC)C4C3)nc2C)c1.CC.CC.CCC.CCCCCn1nc2c(c1C)CCC2C. The van der Waals surface area contributed by atoms with E-state index in [0.717, 1.165) is 47.9 Å². The molecule has 3 aromatic heterocycles. The Labute approximate surface area is 284 Å². The summed E-state index contributed by atoms with van der Waals surface area (Å²) in [5.74, 6) is 4.64. The molecule has 3 unspecified atom stereocenters. The molecular weight excluding hydrogens is 564 g/mol. The van der Waals surface area contributed by atoms with Crippen LogP contribution < -0.4 is 4.90 Å². The minimum atomic E-state index is 0. The van der Waals surface area contributed by atoms with E-state index < -0.39 is 0 Å². The molecule has 1 saturated carbocycles. The van der Waals surface area contributed by atoms with E-state index >= 15 is 0 Å². The van der Waals surface area contributed by atoms with Gasteiger partial charge in [0.25, 0.3) is 0 Å². The molecule has 260 valence electrons. The van der Waals surface area contributed by atoms with Gasteiger partial charge in [-0.2, -0.15) is 10.2 Å². The number of rotatable bonds is 9. The average Bonchev–Trinajstić information content (AvgIpc) is 3.56. The van der Waals surface area contributed by atoms with Crippen molar-refractivity contribution in [3.63, 3.8) is 0 Å². The molecule has 1 saturated heterocycles. The molecule has 1 aliphatic heterocycles. The summed E-state index contributed by atoms with van der Waals surface area (Å²) in [6.45, 7) is 31.5. The van der Waals surface area contributed by atoms with Gasteiger partial charge < -0.3 is 4.90 Å². The lowest BCUT2D eigenvalue weighted by atomic mass is 10.1. The second-order valence-corrected chi connectivity index (χ2v) is 12.4. The number of aryl methyl sites for hydroxylation is 2. The standard InChI is InChI=1S/C19H24N4.C13H22N2.C3H8.2C2H6.CH4/c1-4-14-8-20-23(9-14)10-15-6-7-19(21-13(15)3)22-11-17-16(5-2)18(17)12-22;1-4-5-6-9-15-11(3)12-8-7-10(2)13(12)14-15;1-3-2;2*1-2;/h4,6-9,16-18H,1,5,10-12H2,2-3H3;10H,4-9H2,1-3H3;3H2,1-2H3;2*1-2H3;1H4. The van der Waals surface area contributed by atoms with E-state index in [-0.39, 0.29) is 7.43 Å². The minimum absolute atomic E-state index is 0. The first-order valence-electron chi connectivity index (χ1n) is 18.3. The highest BCUT2D eigenvalue weighted by molar-refractivity contribution is 5.45. The lowest BCUT2D eigenvalue weighted by Gasteiger charge is -2.21. The highest BCUT2D eigenvalue weighted by atomic mass is 15.3. The van der Waals surface area contributed by atoms with Gasteiger partial charge in [-0.05, 0) is 68.1 Å². The fourth-order valence-corrected chi connectivity index (χ4v) is 6.65. The van der Waals surface area contributed by atoms with E-state index in [1.807, 2.05) is 50.8 Å². The van der Waals surface area contributed by atoms with Crippen LogP contribution in [-0.2, 0) is 19.5 Å². The molecular formula is C40H70N6. The van der Waals surface area contributed by atoms with Crippen molar-refractivity contribution in [1.29, 1.82) is 0 Å². The average molecular weight is 635 g/mol. The zero-order chi connectivity index (χ0) is 33.5. The predicted octanol–water partition coefficient (Wildman–Crippen LogP) is 10.9. The van der Waals surface area contributed by atoms with Gasteiger partial charge in [0, 0.05) is 48.7 Å². The monoisotopic (exact) mass is 635 g/mol. The molecule has 6 heteroatoms. The maximum Gasteiger partial charge on any atom is 0.128 e. The van der Waals surface area contributed by atoms with E-state index in [0.29, 0.717) is 5.92 Å². The van der Waals surface area contributed by atoms with Crippen LogP contribution in [0, 0.1) is 31.6 Å². The number of fused-ring (bicyclic) bond motifs is 2. The summed E-state index contributed by atoms with van der Waals surface area (Å²) in [5.41, 5.74) is 7.72. The van der Waals surface area contributed by atoms with Gasteiger partial charge in [0.15, 0.2) is 0 Å². The first-order chi connectivity index (χ1) is 21.8. The Morgan fingerprint density at radius 3 is 2.15 bits per heavy atom. The molecule has 2 fully saturated rings. The highest BCUT2D eigenvalue weighted by Crippen LogP contribution is 2.53. The first kappa shape index (κ1) is 41.1. The van der Waals surface area contributed by atoms with Crippen LogP contribution in [-0.4, -0.2) is 37.6 Å². The number of pyridine rings is 1. The Morgan fingerprint density at radius 1 is 0.978 bits per heavy atom. The van der Waals surface area contributed by atoms with Gasteiger partial charge in [0.05, 0.1) is 18.4 Å². The van der Waals surface area contributed by atoms with Crippen molar-refractivity contribution in [1.82, 2.24) is 24.5 Å². The quantitative estimate of drug-likeness (QED) is 0.220. The molecule has 0 amide bonds. The van der Waals surface area contributed by atoms with Crippen LogP contribution in [0.4, 0.5) is 5.82 Å². The summed E-state index contributed by atoms with van der Waals surface area (Å²) in [5, 5.41) is 9.12. The molecule has 3 atom stereocenters. The van der Waals surface area contributed by atoms with Gasteiger partial charge in [-0.15, -0.1) is 0 Å². The molecule has 0 aromatic carbocycles. The smallest absolute Gasteiger partial charge is 0.128 e. The molecule has 6 rings (SSSR count). The summed E-state index contributed by atoms with van der Waals surface area (Å²) >= 11 is 0. The van der Waals surface area contributed by atoms with Crippen LogP contribution in [0.1, 0.15) is 148 Å². The van der Waals surface area contributed by atoms with Crippen molar-refractivity contribution in [3.8, 4) is 0 Å². The summed E-state index contributed by atoms with van der Waals surface area (Å²) < 4.78 is 4.17. The fraction of sp³-hybridized carbons (Fsp3) is 0.675. The van der Waals surface area contributed by atoms with Gasteiger partial charge in [0.2, 0.25) is 0 Å². The van der Waals surface area contributed by atoms with Crippen molar-refractivity contribution in [2.24, 2.45) is 17.8 Å². The van der Waals surface area contributed by atoms with Gasteiger partial charge >= 0.3 is 0 Å². The van der Waals surface area contributed by atoms with E-state index in [9.17, 15) is 0 Å². The zero-order valence-electron chi connectivity index (χ0n) is 30.9. The number of hydrogen-bond donors (Lipinski definition) is 0. The van der Waals surface area contributed by atoms with E-state index in [2.05, 4.69) is 81.9 Å². The lowest BCUT2D eigenvalue weighted by Crippen LogP contribution is -2.25. The molecule has 6 nitrogen and oxygen atoms in total. The maximum atomic E-state index is 4.85. The van der Waals surface area contributed by atoms with Crippen LogP contribution in [0.5, 0.6) is 0 Å². The molecule has 0 radical (unpaired) electrons. The van der Waals surface area contributed by atoms with Crippen molar-refractivity contribution < 1.29 is 0 Å². The van der Waals surface area contributed by atoms with Gasteiger partial charge in [-0.1, -0.05) is 114 Å². The number of nitrogens with zero attached hydrogens (tertiary/aromatic N) is 6. The van der Waals surface area contributed by atoms with E-state index in [4.69, 9.17) is 10.1 Å².